The normalized spacial score (nSPS) is 14.5. The summed E-state index contributed by atoms with van der Waals surface area (Å²) in [7, 11) is 3.26. The van der Waals surface area contributed by atoms with Gasteiger partial charge in [-0.1, -0.05) is 42.5 Å². The van der Waals surface area contributed by atoms with Crippen molar-refractivity contribution in [3.05, 3.63) is 71.3 Å². The molecule has 5 nitrogen and oxygen atoms in total. The lowest BCUT2D eigenvalue weighted by molar-refractivity contribution is -0.120. The van der Waals surface area contributed by atoms with Gasteiger partial charge in [-0.15, -0.1) is 0 Å². The highest BCUT2D eigenvalue weighted by atomic mass is 16.5. The number of hydrogen-bond donors (Lipinski definition) is 1. The number of fused-ring (bicyclic) bond motifs is 2. The number of benzene rings is 3. The van der Waals surface area contributed by atoms with E-state index in [4.69, 9.17) is 9.47 Å². The van der Waals surface area contributed by atoms with Gasteiger partial charge in [-0.3, -0.25) is 4.79 Å². The van der Waals surface area contributed by atoms with Gasteiger partial charge in [-0.05, 0) is 53.3 Å². The molecule has 1 aliphatic carbocycles. The number of ether oxygens (including phenoxy) is 2. The second kappa shape index (κ2) is 8.35. The first kappa shape index (κ1) is 19.0. The van der Waals surface area contributed by atoms with Crippen LogP contribution >= 0.6 is 0 Å². The Morgan fingerprint density at radius 1 is 1.00 bits per heavy atom. The Balaban J connectivity index is 1.55. The summed E-state index contributed by atoms with van der Waals surface area (Å²) in [5.41, 5.74) is 6.80. The van der Waals surface area contributed by atoms with E-state index < -0.39 is 0 Å². The number of carbonyl (C=O) groups excluding carboxylic acids is 1. The fourth-order valence-corrected chi connectivity index (χ4v) is 3.88. The summed E-state index contributed by atoms with van der Waals surface area (Å²) in [5, 5.41) is 6.68. The zero-order chi connectivity index (χ0) is 20.2. The van der Waals surface area contributed by atoms with E-state index >= 15 is 0 Å². The van der Waals surface area contributed by atoms with Gasteiger partial charge in [-0.2, -0.15) is 5.10 Å². The molecule has 1 aliphatic rings. The predicted molar refractivity (Wildman–Crippen MR) is 115 cm³/mol. The molecule has 0 aromatic heterocycles. The van der Waals surface area contributed by atoms with Gasteiger partial charge in [0, 0.05) is 5.56 Å². The minimum absolute atomic E-state index is 0.124. The molecule has 4 rings (SSSR count). The van der Waals surface area contributed by atoms with Crippen molar-refractivity contribution in [3.63, 3.8) is 0 Å². The smallest absolute Gasteiger partial charge is 0.244 e. The molecule has 1 N–H and O–H groups in total. The lowest BCUT2D eigenvalue weighted by Crippen LogP contribution is -2.23. The second-order valence-corrected chi connectivity index (χ2v) is 7.13. The van der Waals surface area contributed by atoms with Crippen molar-refractivity contribution in [3.8, 4) is 11.5 Å². The van der Waals surface area contributed by atoms with Gasteiger partial charge in [0.05, 0.1) is 26.4 Å². The third kappa shape index (κ3) is 3.94. The summed E-state index contributed by atoms with van der Waals surface area (Å²) >= 11 is 0. The monoisotopic (exact) mass is 388 g/mol. The van der Waals surface area contributed by atoms with Gasteiger partial charge in [0.15, 0.2) is 11.5 Å². The van der Waals surface area contributed by atoms with Crippen LogP contribution in [0.15, 0.2) is 59.7 Å². The molecule has 0 atom stereocenters. The summed E-state index contributed by atoms with van der Waals surface area (Å²) in [4.78, 5) is 12.6. The number of aryl methyl sites for hydroxylation is 1. The highest BCUT2D eigenvalue weighted by molar-refractivity contribution is 6.04. The van der Waals surface area contributed by atoms with Crippen LogP contribution in [0, 0.1) is 0 Å². The summed E-state index contributed by atoms with van der Waals surface area (Å²) in [5.74, 6) is 1.26. The minimum Gasteiger partial charge on any atom is -0.493 e. The van der Waals surface area contributed by atoms with Gasteiger partial charge in [0.1, 0.15) is 0 Å². The molecule has 5 heteroatoms. The van der Waals surface area contributed by atoms with E-state index in [2.05, 4.69) is 22.7 Å². The molecule has 0 heterocycles. The molecular weight excluding hydrogens is 364 g/mol. The molecule has 0 bridgehead atoms. The molecule has 0 fully saturated rings. The highest BCUT2D eigenvalue weighted by Crippen LogP contribution is 2.34. The summed E-state index contributed by atoms with van der Waals surface area (Å²) in [6, 6.07) is 18.1. The number of nitrogens with one attached hydrogen (secondary N) is 1. The molecule has 1 amide bonds. The lowest BCUT2D eigenvalue weighted by Gasteiger charge is -2.20. The SMILES string of the molecule is COc1cc2c(cc1OC)/C(=N/NC(=O)Cc1cccc3ccccc13)CCC2. The van der Waals surface area contributed by atoms with Crippen molar-refractivity contribution < 1.29 is 14.3 Å². The Bertz CT molecular complexity index is 1080. The van der Waals surface area contributed by atoms with Crippen LogP contribution < -0.4 is 14.9 Å². The number of nitrogens with zero attached hydrogens (tertiary/aromatic N) is 1. The first-order chi connectivity index (χ1) is 14.2. The number of rotatable bonds is 5. The third-order valence-electron chi connectivity index (χ3n) is 5.33. The predicted octanol–water partition coefficient (Wildman–Crippen LogP) is 4.26. The first-order valence-corrected chi connectivity index (χ1v) is 9.77. The zero-order valence-corrected chi connectivity index (χ0v) is 16.7. The van der Waals surface area contributed by atoms with Crippen molar-refractivity contribution in [2.45, 2.75) is 25.7 Å². The molecule has 29 heavy (non-hydrogen) atoms. The number of amides is 1. The van der Waals surface area contributed by atoms with E-state index in [0.717, 1.165) is 52.4 Å². The number of hydrogen-bond acceptors (Lipinski definition) is 4. The van der Waals surface area contributed by atoms with Crippen LogP contribution in [0.4, 0.5) is 0 Å². The van der Waals surface area contributed by atoms with E-state index in [0.29, 0.717) is 11.5 Å². The molecule has 0 saturated carbocycles. The molecule has 0 spiro atoms. The van der Waals surface area contributed by atoms with Crippen LogP contribution in [0.1, 0.15) is 29.5 Å². The summed E-state index contributed by atoms with van der Waals surface area (Å²) in [6.45, 7) is 0. The van der Waals surface area contributed by atoms with Crippen LogP contribution in [0.25, 0.3) is 10.8 Å². The number of methoxy groups -OCH3 is 2. The third-order valence-corrected chi connectivity index (χ3v) is 5.33. The van der Waals surface area contributed by atoms with Gasteiger partial charge in [0.25, 0.3) is 0 Å². The fraction of sp³-hybridized carbons (Fsp3) is 0.250. The van der Waals surface area contributed by atoms with E-state index in [9.17, 15) is 4.79 Å². The van der Waals surface area contributed by atoms with Crippen LogP contribution in [0.2, 0.25) is 0 Å². The van der Waals surface area contributed by atoms with E-state index in [1.165, 1.54) is 0 Å². The minimum atomic E-state index is -0.124. The zero-order valence-electron chi connectivity index (χ0n) is 16.7. The van der Waals surface area contributed by atoms with Crippen molar-refractivity contribution in [2.75, 3.05) is 14.2 Å². The van der Waals surface area contributed by atoms with Crippen molar-refractivity contribution in [1.82, 2.24) is 5.43 Å². The van der Waals surface area contributed by atoms with Crippen LogP contribution in [0.3, 0.4) is 0 Å². The molecule has 3 aromatic carbocycles. The largest absolute Gasteiger partial charge is 0.493 e. The fourth-order valence-electron chi connectivity index (χ4n) is 3.88. The summed E-state index contributed by atoms with van der Waals surface area (Å²) in [6.07, 6.45) is 3.05. The molecule has 0 unspecified atom stereocenters. The van der Waals surface area contributed by atoms with Crippen LogP contribution in [0.5, 0.6) is 11.5 Å². The standard InChI is InChI=1S/C24H24N2O3/c1-28-22-13-17-10-6-12-21(20(17)15-23(22)29-2)25-26-24(27)14-18-9-5-8-16-7-3-4-11-19(16)18/h3-5,7-9,11,13,15H,6,10,12,14H2,1-2H3,(H,26,27)/b25-21+. The Hall–Kier alpha value is -3.34. The quantitative estimate of drug-likeness (QED) is 0.665. The van der Waals surface area contributed by atoms with E-state index in [1.54, 1.807) is 14.2 Å². The van der Waals surface area contributed by atoms with Gasteiger partial charge in [0.2, 0.25) is 5.91 Å². The number of carbonyl (C=O) groups is 1. The van der Waals surface area contributed by atoms with Gasteiger partial charge >= 0.3 is 0 Å². The van der Waals surface area contributed by atoms with E-state index in [-0.39, 0.29) is 12.3 Å². The molecule has 3 aromatic rings. The topological polar surface area (TPSA) is 59.9 Å². The van der Waals surface area contributed by atoms with Gasteiger partial charge in [-0.25, -0.2) is 5.43 Å². The first-order valence-electron chi connectivity index (χ1n) is 9.77. The Morgan fingerprint density at radius 3 is 2.59 bits per heavy atom. The average molecular weight is 388 g/mol. The van der Waals surface area contributed by atoms with Crippen molar-refractivity contribution in [2.24, 2.45) is 5.10 Å². The molecule has 0 radical (unpaired) electrons. The average Bonchev–Trinajstić information content (AvgIpc) is 2.76. The van der Waals surface area contributed by atoms with Crippen molar-refractivity contribution >= 4 is 22.4 Å². The maximum Gasteiger partial charge on any atom is 0.244 e. The van der Waals surface area contributed by atoms with Crippen LogP contribution in [-0.2, 0) is 17.6 Å². The molecular formula is C24H24N2O3. The molecule has 148 valence electrons. The second-order valence-electron chi connectivity index (χ2n) is 7.13. The Kier molecular flexibility index (Phi) is 5.47. The highest BCUT2D eigenvalue weighted by Gasteiger charge is 2.20. The lowest BCUT2D eigenvalue weighted by atomic mass is 9.89. The number of hydrazone groups is 1. The van der Waals surface area contributed by atoms with Gasteiger partial charge < -0.3 is 9.47 Å². The molecule has 0 saturated heterocycles. The Morgan fingerprint density at radius 2 is 1.76 bits per heavy atom. The maximum atomic E-state index is 12.6. The molecule has 0 aliphatic heterocycles. The van der Waals surface area contributed by atoms with E-state index in [1.807, 2.05) is 42.5 Å². The summed E-state index contributed by atoms with van der Waals surface area (Å²) < 4.78 is 10.8. The van der Waals surface area contributed by atoms with Crippen molar-refractivity contribution in [1.29, 1.82) is 0 Å². The maximum absolute atomic E-state index is 12.6. The Labute approximate surface area is 170 Å². The van der Waals surface area contributed by atoms with Crippen LogP contribution in [-0.4, -0.2) is 25.8 Å².